The lowest BCUT2D eigenvalue weighted by molar-refractivity contribution is 0.0355. The van der Waals surface area contributed by atoms with Crippen molar-refractivity contribution in [2.45, 2.75) is 37.7 Å². The molecule has 29 heavy (non-hydrogen) atoms. The summed E-state index contributed by atoms with van der Waals surface area (Å²) in [6.45, 7) is 11.5. The lowest BCUT2D eigenvalue weighted by atomic mass is 10.0. The molecule has 8 heteroatoms. The third-order valence-corrected chi connectivity index (χ3v) is 6.25. The molecule has 0 saturated carbocycles. The zero-order valence-corrected chi connectivity index (χ0v) is 18.5. The minimum Gasteiger partial charge on any atom is -0.379 e. The Balaban J connectivity index is 1.48. The molecule has 1 atom stereocenters. The number of morpholine rings is 1. The van der Waals surface area contributed by atoms with E-state index in [0.29, 0.717) is 0 Å². The SMILES string of the molecule is C/C=C\C=C/c1cn(C2CCN(C(C)(S)NCCN3CCOCC3)CC2)c(=O)[nH]1. The van der Waals surface area contributed by atoms with Crippen molar-refractivity contribution in [1.82, 2.24) is 24.7 Å². The van der Waals surface area contributed by atoms with Crippen LogP contribution in [0, 0.1) is 0 Å². The Morgan fingerprint density at radius 1 is 1.28 bits per heavy atom. The Hall–Kier alpha value is -1.32. The number of nitrogens with zero attached hydrogens (tertiary/aromatic N) is 3. The van der Waals surface area contributed by atoms with Crippen LogP contribution in [0.5, 0.6) is 0 Å². The average molecular weight is 422 g/mol. The number of ether oxygens (including phenoxy) is 1. The van der Waals surface area contributed by atoms with Crippen LogP contribution in [0.25, 0.3) is 6.08 Å². The Bertz CT molecular complexity index is 740. The third-order valence-electron chi connectivity index (χ3n) is 5.81. The molecule has 2 fully saturated rings. The summed E-state index contributed by atoms with van der Waals surface area (Å²) in [5.41, 5.74) is 0.820. The number of likely N-dealkylation sites (tertiary alicyclic amines) is 1. The Labute approximate surface area is 179 Å². The average Bonchev–Trinajstić information content (AvgIpc) is 3.09. The molecule has 0 spiro atoms. The first-order valence-electron chi connectivity index (χ1n) is 10.6. The van der Waals surface area contributed by atoms with Crippen LogP contribution >= 0.6 is 12.6 Å². The number of allylic oxidation sites excluding steroid dienone is 3. The van der Waals surface area contributed by atoms with Gasteiger partial charge in [0, 0.05) is 51.5 Å². The van der Waals surface area contributed by atoms with E-state index in [4.69, 9.17) is 17.4 Å². The quantitative estimate of drug-likeness (QED) is 0.340. The zero-order valence-electron chi connectivity index (χ0n) is 17.6. The summed E-state index contributed by atoms with van der Waals surface area (Å²) >= 11 is 4.90. The van der Waals surface area contributed by atoms with Gasteiger partial charge >= 0.3 is 5.69 Å². The van der Waals surface area contributed by atoms with Crippen molar-refractivity contribution in [3.05, 3.63) is 40.6 Å². The Morgan fingerprint density at radius 2 is 2.00 bits per heavy atom. The fourth-order valence-corrected chi connectivity index (χ4v) is 4.33. The number of aromatic nitrogens is 2. The second-order valence-electron chi connectivity index (χ2n) is 7.93. The molecule has 0 bridgehead atoms. The predicted octanol–water partition coefficient (Wildman–Crippen LogP) is 1.93. The monoisotopic (exact) mass is 421 g/mol. The van der Waals surface area contributed by atoms with Gasteiger partial charge in [0.2, 0.25) is 0 Å². The van der Waals surface area contributed by atoms with Crippen molar-refractivity contribution in [1.29, 1.82) is 0 Å². The minimum atomic E-state index is -0.346. The molecule has 2 aliphatic rings. The molecule has 0 radical (unpaired) electrons. The molecule has 1 aromatic heterocycles. The van der Waals surface area contributed by atoms with Crippen LogP contribution in [0.4, 0.5) is 0 Å². The van der Waals surface area contributed by atoms with Gasteiger partial charge in [-0.2, -0.15) is 0 Å². The first kappa shape index (κ1) is 22.4. The highest BCUT2D eigenvalue weighted by atomic mass is 32.1. The number of imidazole rings is 1. The van der Waals surface area contributed by atoms with Crippen molar-refractivity contribution in [2.75, 3.05) is 52.5 Å². The van der Waals surface area contributed by atoms with Crippen molar-refractivity contribution in [2.24, 2.45) is 0 Å². The second kappa shape index (κ2) is 10.6. The van der Waals surface area contributed by atoms with E-state index in [1.54, 1.807) is 0 Å². The predicted molar refractivity (Wildman–Crippen MR) is 121 cm³/mol. The maximum Gasteiger partial charge on any atom is 0.326 e. The highest BCUT2D eigenvalue weighted by molar-refractivity contribution is 7.81. The van der Waals surface area contributed by atoms with Gasteiger partial charge in [-0.05, 0) is 32.8 Å². The molecule has 2 saturated heterocycles. The van der Waals surface area contributed by atoms with Crippen LogP contribution in [-0.2, 0) is 4.74 Å². The van der Waals surface area contributed by atoms with E-state index >= 15 is 0 Å². The van der Waals surface area contributed by atoms with Gasteiger partial charge in [-0.3, -0.25) is 19.7 Å². The summed E-state index contributed by atoms with van der Waals surface area (Å²) < 4.78 is 7.26. The fourth-order valence-electron chi connectivity index (χ4n) is 4.02. The summed E-state index contributed by atoms with van der Waals surface area (Å²) in [6.07, 6.45) is 11.6. The summed E-state index contributed by atoms with van der Waals surface area (Å²) in [5.74, 6) is 0. The van der Waals surface area contributed by atoms with E-state index in [1.807, 2.05) is 42.0 Å². The van der Waals surface area contributed by atoms with E-state index in [2.05, 4.69) is 27.0 Å². The van der Waals surface area contributed by atoms with Crippen LogP contribution < -0.4 is 11.0 Å². The van der Waals surface area contributed by atoms with Gasteiger partial charge in [-0.1, -0.05) is 18.2 Å². The van der Waals surface area contributed by atoms with Crippen LogP contribution in [0.2, 0.25) is 0 Å². The molecule has 1 unspecified atom stereocenters. The van der Waals surface area contributed by atoms with Gasteiger partial charge in [-0.15, -0.1) is 12.6 Å². The summed E-state index contributed by atoms with van der Waals surface area (Å²) in [6, 6.07) is 0.233. The molecular weight excluding hydrogens is 386 g/mol. The number of thiol groups is 1. The van der Waals surface area contributed by atoms with E-state index in [9.17, 15) is 4.79 Å². The minimum absolute atomic E-state index is 0.0270. The van der Waals surface area contributed by atoms with Crippen molar-refractivity contribution < 1.29 is 4.74 Å². The van der Waals surface area contributed by atoms with E-state index < -0.39 is 0 Å². The molecule has 0 amide bonds. The number of hydrogen-bond donors (Lipinski definition) is 3. The maximum absolute atomic E-state index is 12.3. The van der Waals surface area contributed by atoms with Crippen molar-refractivity contribution in [3.8, 4) is 0 Å². The molecule has 0 aromatic carbocycles. The number of H-pyrrole nitrogens is 1. The number of aromatic amines is 1. The van der Waals surface area contributed by atoms with E-state index in [0.717, 1.165) is 71.0 Å². The zero-order chi connectivity index (χ0) is 20.7. The van der Waals surface area contributed by atoms with Crippen LogP contribution in [0.1, 0.15) is 38.4 Å². The highest BCUT2D eigenvalue weighted by Gasteiger charge is 2.32. The lowest BCUT2D eigenvalue weighted by Crippen LogP contribution is -2.57. The molecule has 2 N–H and O–H groups in total. The topological polar surface area (TPSA) is 65.5 Å². The molecular formula is C21H35N5O2S. The normalized spacial score (nSPS) is 22.6. The van der Waals surface area contributed by atoms with Crippen molar-refractivity contribution >= 4 is 18.7 Å². The summed E-state index contributed by atoms with van der Waals surface area (Å²) in [5, 5.41) is 3.59. The summed E-state index contributed by atoms with van der Waals surface area (Å²) in [4.78, 5) is 19.7. The van der Waals surface area contributed by atoms with Gasteiger partial charge in [0.25, 0.3) is 0 Å². The molecule has 7 nitrogen and oxygen atoms in total. The van der Waals surface area contributed by atoms with Gasteiger partial charge in [0.15, 0.2) is 0 Å². The Kier molecular flexibility index (Phi) is 8.20. The smallest absolute Gasteiger partial charge is 0.326 e. The van der Waals surface area contributed by atoms with Gasteiger partial charge in [0.05, 0.1) is 18.9 Å². The third kappa shape index (κ3) is 6.33. The Morgan fingerprint density at radius 3 is 2.69 bits per heavy atom. The number of nitrogens with one attached hydrogen (secondary N) is 2. The van der Waals surface area contributed by atoms with Crippen molar-refractivity contribution in [3.63, 3.8) is 0 Å². The van der Waals surface area contributed by atoms with Gasteiger partial charge < -0.3 is 9.72 Å². The van der Waals surface area contributed by atoms with Crippen LogP contribution in [0.3, 0.4) is 0 Å². The molecule has 1 aromatic rings. The molecule has 0 aliphatic carbocycles. The van der Waals surface area contributed by atoms with Crippen LogP contribution in [-0.4, -0.2) is 76.8 Å². The molecule has 3 rings (SSSR count). The van der Waals surface area contributed by atoms with Gasteiger partial charge in [0.1, 0.15) is 4.99 Å². The number of rotatable bonds is 8. The highest BCUT2D eigenvalue weighted by Crippen LogP contribution is 2.27. The molecule has 162 valence electrons. The molecule has 3 heterocycles. The maximum atomic E-state index is 12.3. The second-order valence-corrected chi connectivity index (χ2v) is 8.80. The lowest BCUT2D eigenvalue weighted by Gasteiger charge is -2.43. The van der Waals surface area contributed by atoms with Crippen LogP contribution in [0.15, 0.2) is 29.2 Å². The molecule has 2 aliphatic heterocycles. The first-order chi connectivity index (χ1) is 14.0. The number of hydrogen-bond acceptors (Lipinski definition) is 6. The van der Waals surface area contributed by atoms with E-state index in [-0.39, 0.29) is 16.7 Å². The fraction of sp³-hybridized carbons (Fsp3) is 0.667. The van der Waals surface area contributed by atoms with Gasteiger partial charge in [-0.25, -0.2) is 4.79 Å². The summed E-state index contributed by atoms with van der Waals surface area (Å²) in [7, 11) is 0. The first-order valence-corrected chi connectivity index (χ1v) is 11.1. The number of piperidine rings is 1. The van der Waals surface area contributed by atoms with E-state index in [1.165, 1.54) is 0 Å². The standard InChI is InChI=1S/C21H35N5O2S/c1-3-4-5-6-18-17-26(20(27)23-18)19-7-10-25(11-8-19)21(2,29)22-9-12-24-13-15-28-16-14-24/h3-6,17,19,22,29H,7-16H2,1-2H3,(H,23,27)/b4-3-,6-5-. The largest absolute Gasteiger partial charge is 0.379 e.